The van der Waals surface area contributed by atoms with Gasteiger partial charge in [0.05, 0.1) is 16.6 Å². The van der Waals surface area contributed by atoms with E-state index in [0.29, 0.717) is 25.1 Å². The molecular formula is C24H25N3O4. The number of non-ortho nitro benzene ring substituents is 1. The molecular weight excluding hydrogens is 394 g/mol. The highest BCUT2D eigenvalue weighted by atomic mass is 16.6. The molecule has 7 heteroatoms. The number of benzene rings is 3. The Kier molecular flexibility index (Phi) is 6.13. The van der Waals surface area contributed by atoms with E-state index in [1.807, 2.05) is 42.5 Å². The number of fused-ring (bicyclic) bond motifs is 1. The molecule has 160 valence electrons. The van der Waals surface area contributed by atoms with Crippen LogP contribution in [0.1, 0.15) is 41.6 Å². The van der Waals surface area contributed by atoms with E-state index >= 15 is 0 Å². The molecule has 1 aliphatic carbocycles. The zero-order valence-corrected chi connectivity index (χ0v) is 17.1. The minimum Gasteiger partial charge on any atom is -0.393 e. The topological polar surface area (TPSA) is 104 Å². The normalized spacial score (nSPS) is 18.5. The van der Waals surface area contributed by atoms with Gasteiger partial charge in [-0.3, -0.25) is 14.9 Å². The number of nitrogens with zero attached hydrogens (tertiary/aromatic N) is 1. The molecule has 0 bridgehead atoms. The monoisotopic (exact) mass is 419 g/mol. The molecule has 3 aromatic carbocycles. The third kappa shape index (κ3) is 4.83. The number of hydrogen-bond donors (Lipinski definition) is 3. The number of aliphatic hydroxyl groups is 1. The predicted molar refractivity (Wildman–Crippen MR) is 120 cm³/mol. The first kappa shape index (κ1) is 20.8. The van der Waals surface area contributed by atoms with Crippen LogP contribution in [0.25, 0.3) is 10.8 Å². The number of carbonyl (C=O) groups is 1. The van der Waals surface area contributed by atoms with Crippen molar-refractivity contribution in [3.05, 3.63) is 81.9 Å². The Hall–Kier alpha value is -3.45. The molecule has 0 radical (unpaired) electrons. The molecule has 4 rings (SSSR count). The molecule has 0 saturated heterocycles. The Morgan fingerprint density at radius 3 is 2.55 bits per heavy atom. The Bertz CT molecular complexity index is 1100. The van der Waals surface area contributed by atoms with Gasteiger partial charge in [-0.2, -0.15) is 0 Å². The third-order valence-corrected chi connectivity index (χ3v) is 5.83. The fourth-order valence-electron chi connectivity index (χ4n) is 4.12. The highest BCUT2D eigenvalue weighted by Gasteiger charge is 2.22. The first-order chi connectivity index (χ1) is 15.0. The van der Waals surface area contributed by atoms with E-state index in [1.54, 1.807) is 6.07 Å². The van der Waals surface area contributed by atoms with Crippen LogP contribution in [0.3, 0.4) is 0 Å². The van der Waals surface area contributed by atoms with Crippen LogP contribution in [0.15, 0.2) is 60.7 Å². The predicted octanol–water partition coefficient (Wildman–Crippen LogP) is 4.39. The summed E-state index contributed by atoms with van der Waals surface area (Å²) in [7, 11) is 0. The van der Waals surface area contributed by atoms with Gasteiger partial charge in [-0.1, -0.05) is 42.5 Å². The van der Waals surface area contributed by atoms with Crippen molar-refractivity contribution in [1.82, 2.24) is 5.32 Å². The van der Waals surface area contributed by atoms with E-state index < -0.39 is 4.92 Å². The molecule has 31 heavy (non-hydrogen) atoms. The molecule has 1 saturated carbocycles. The second-order valence-electron chi connectivity index (χ2n) is 7.96. The summed E-state index contributed by atoms with van der Waals surface area (Å²) < 4.78 is 0. The summed E-state index contributed by atoms with van der Waals surface area (Å²) in [5.74, 6) is -0.366. The number of amides is 1. The van der Waals surface area contributed by atoms with E-state index in [1.165, 1.54) is 12.1 Å². The van der Waals surface area contributed by atoms with Gasteiger partial charge in [-0.05, 0) is 48.1 Å². The van der Waals surface area contributed by atoms with Gasteiger partial charge in [0.15, 0.2) is 0 Å². The second-order valence-corrected chi connectivity index (χ2v) is 7.96. The van der Waals surface area contributed by atoms with Crippen molar-refractivity contribution < 1.29 is 14.8 Å². The van der Waals surface area contributed by atoms with E-state index in [-0.39, 0.29) is 29.3 Å². The lowest BCUT2D eigenvalue weighted by Gasteiger charge is -2.27. The van der Waals surface area contributed by atoms with Crippen molar-refractivity contribution >= 4 is 28.1 Å². The quantitative estimate of drug-likeness (QED) is 0.406. The number of rotatable bonds is 6. The average Bonchev–Trinajstić information content (AvgIpc) is 2.79. The number of nitrogens with one attached hydrogen (secondary N) is 2. The Labute approximate surface area is 180 Å². The molecule has 0 heterocycles. The van der Waals surface area contributed by atoms with Gasteiger partial charge in [0.1, 0.15) is 0 Å². The summed E-state index contributed by atoms with van der Waals surface area (Å²) in [6, 6.07) is 18.3. The lowest BCUT2D eigenvalue weighted by atomic mass is 9.92. The average molecular weight is 419 g/mol. The van der Waals surface area contributed by atoms with Crippen molar-refractivity contribution in [3.63, 3.8) is 0 Å². The maximum Gasteiger partial charge on any atom is 0.270 e. The lowest BCUT2D eigenvalue weighted by Crippen LogP contribution is -2.30. The van der Waals surface area contributed by atoms with Crippen LogP contribution in [-0.4, -0.2) is 28.1 Å². The molecule has 1 amide bonds. The number of nitro groups is 1. The summed E-state index contributed by atoms with van der Waals surface area (Å²) >= 11 is 0. The lowest BCUT2D eigenvalue weighted by molar-refractivity contribution is -0.384. The number of hydrogen-bond acceptors (Lipinski definition) is 5. The highest BCUT2D eigenvalue weighted by Crippen LogP contribution is 2.27. The summed E-state index contributed by atoms with van der Waals surface area (Å²) in [5.41, 5.74) is 1.68. The van der Waals surface area contributed by atoms with Gasteiger partial charge < -0.3 is 15.7 Å². The molecule has 0 atom stereocenters. The fourth-order valence-corrected chi connectivity index (χ4v) is 4.12. The molecule has 7 nitrogen and oxygen atoms in total. The Morgan fingerprint density at radius 2 is 1.77 bits per heavy atom. The van der Waals surface area contributed by atoms with Crippen molar-refractivity contribution in [3.8, 4) is 0 Å². The summed E-state index contributed by atoms with van der Waals surface area (Å²) in [5, 5.41) is 29.4. The van der Waals surface area contributed by atoms with Crippen molar-refractivity contribution in [2.45, 2.75) is 44.4 Å². The van der Waals surface area contributed by atoms with E-state index in [4.69, 9.17) is 0 Å². The second kappa shape index (κ2) is 9.14. The van der Waals surface area contributed by atoms with Gasteiger partial charge >= 0.3 is 0 Å². The Morgan fingerprint density at radius 1 is 1.03 bits per heavy atom. The molecule has 0 spiro atoms. The van der Waals surface area contributed by atoms with Gasteiger partial charge in [-0.25, -0.2) is 0 Å². The van der Waals surface area contributed by atoms with E-state index in [2.05, 4.69) is 10.6 Å². The largest absolute Gasteiger partial charge is 0.393 e. The molecule has 3 N–H and O–H groups in total. The summed E-state index contributed by atoms with van der Waals surface area (Å²) in [6.45, 7) is 0.317. The van der Waals surface area contributed by atoms with Crippen molar-refractivity contribution in [2.75, 3.05) is 5.32 Å². The molecule has 0 unspecified atom stereocenters. The van der Waals surface area contributed by atoms with Crippen molar-refractivity contribution in [1.29, 1.82) is 0 Å². The minimum absolute atomic E-state index is 0.120. The fraction of sp³-hybridized carbons (Fsp3) is 0.292. The van der Waals surface area contributed by atoms with E-state index in [0.717, 1.165) is 29.2 Å². The van der Waals surface area contributed by atoms with Crippen molar-refractivity contribution in [2.24, 2.45) is 0 Å². The van der Waals surface area contributed by atoms with Crippen LogP contribution in [0.2, 0.25) is 0 Å². The van der Waals surface area contributed by atoms with Crippen LogP contribution in [0, 0.1) is 10.1 Å². The van der Waals surface area contributed by atoms with Gasteiger partial charge in [-0.15, -0.1) is 0 Å². The molecule has 1 fully saturated rings. The van der Waals surface area contributed by atoms with Crippen LogP contribution in [0.5, 0.6) is 0 Å². The first-order valence-corrected chi connectivity index (χ1v) is 10.5. The third-order valence-electron chi connectivity index (χ3n) is 5.83. The van der Waals surface area contributed by atoms with Gasteiger partial charge in [0.2, 0.25) is 0 Å². The standard InChI is InChI=1S/C24H25N3O4/c28-20-11-8-18(9-12-20)26-23-13-10-19(27(30)31)14-22(23)24(29)25-15-17-6-3-5-16-4-1-2-7-21(16)17/h1-7,10,13-14,18,20,26,28H,8-9,11-12,15H2,(H,25,29)/t18-,20+. The SMILES string of the molecule is O=C(NCc1cccc2ccccc12)c1cc([N+](=O)[O-])ccc1N[C@H]1CC[C@@H](O)CC1. The van der Waals surface area contributed by atoms with Crippen LogP contribution < -0.4 is 10.6 Å². The summed E-state index contributed by atoms with van der Waals surface area (Å²) in [6.07, 6.45) is 2.70. The molecule has 0 aromatic heterocycles. The number of aliphatic hydroxyl groups excluding tert-OH is 1. The highest BCUT2D eigenvalue weighted by molar-refractivity contribution is 6.00. The van der Waals surface area contributed by atoms with Gasteiger partial charge in [0, 0.05) is 30.4 Å². The maximum atomic E-state index is 13.0. The van der Waals surface area contributed by atoms with Crippen LogP contribution >= 0.6 is 0 Å². The van der Waals surface area contributed by atoms with Crippen LogP contribution in [-0.2, 0) is 6.54 Å². The smallest absolute Gasteiger partial charge is 0.270 e. The van der Waals surface area contributed by atoms with E-state index in [9.17, 15) is 20.0 Å². The summed E-state index contributed by atoms with van der Waals surface area (Å²) in [4.78, 5) is 23.8. The number of nitro benzene ring substituents is 1. The number of carbonyl (C=O) groups excluding carboxylic acids is 1. The van der Waals surface area contributed by atoms with Crippen LogP contribution in [0.4, 0.5) is 11.4 Å². The first-order valence-electron chi connectivity index (χ1n) is 10.5. The zero-order chi connectivity index (χ0) is 21.8. The number of anilines is 1. The maximum absolute atomic E-state index is 13.0. The zero-order valence-electron chi connectivity index (χ0n) is 17.1. The Balaban J connectivity index is 1.55. The molecule has 1 aliphatic rings. The minimum atomic E-state index is -0.498. The molecule has 3 aromatic rings. The van der Waals surface area contributed by atoms with Gasteiger partial charge in [0.25, 0.3) is 11.6 Å². The molecule has 0 aliphatic heterocycles.